The first kappa shape index (κ1) is 46.6. The normalized spacial score (nSPS) is 12.6. The number of ketones is 1. The molecule has 0 radical (unpaired) electrons. The highest BCUT2D eigenvalue weighted by atomic mass is 16.6. The van der Waals surface area contributed by atoms with E-state index in [2.05, 4.69) is 13.8 Å². The first-order valence-corrected chi connectivity index (χ1v) is 20.9. The molecule has 1 unspecified atom stereocenters. The summed E-state index contributed by atoms with van der Waals surface area (Å²) in [5, 5.41) is 10.7. The molecule has 0 aliphatic heterocycles. The van der Waals surface area contributed by atoms with Gasteiger partial charge in [-0.05, 0) is 19.8 Å². The number of unbranched alkanes of at least 4 members (excludes halogenated alkanes) is 30. The van der Waals surface area contributed by atoms with E-state index in [-0.39, 0.29) is 13.2 Å². The van der Waals surface area contributed by atoms with E-state index in [0.29, 0.717) is 6.42 Å². The molecule has 0 bridgehead atoms. The van der Waals surface area contributed by atoms with Crippen LogP contribution >= 0.6 is 0 Å². The van der Waals surface area contributed by atoms with Crippen LogP contribution in [0.15, 0.2) is 0 Å². The van der Waals surface area contributed by atoms with Gasteiger partial charge in [0.1, 0.15) is 0 Å². The fourth-order valence-electron chi connectivity index (χ4n) is 6.37. The molecular formula is C42H80O6. The van der Waals surface area contributed by atoms with Crippen LogP contribution in [0.1, 0.15) is 233 Å². The first-order valence-electron chi connectivity index (χ1n) is 20.9. The van der Waals surface area contributed by atoms with Crippen molar-refractivity contribution in [1.29, 1.82) is 0 Å². The topological polar surface area (TPSA) is 89.9 Å². The van der Waals surface area contributed by atoms with E-state index in [1.54, 1.807) is 0 Å². The number of hydrogen-bond donors (Lipinski definition) is 1. The lowest BCUT2D eigenvalue weighted by atomic mass is 9.95. The summed E-state index contributed by atoms with van der Waals surface area (Å²) in [6.45, 7) is 6.02. The number of hydrogen-bond acceptors (Lipinski definition) is 6. The zero-order valence-corrected chi connectivity index (χ0v) is 32.2. The minimum atomic E-state index is -2.47. The zero-order chi connectivity index (χ0) is 35.4. The Kier molecular flexibility index (Phi) is 34.3. The molecule has 0 aromatic heterocycles. The minimum Gasteiger partial charge on any atom is -0.466 e. The fraction of sp³-hybridized carbons (Fsp3) is 0.929. The lowest BCUT2D eigenvalue weighted by Gasteiger charge is -2.22. The van der Waals surface area contributed by atoms with Crippen molar-refractivity contribution in [3.63, 3.8) is 0 Å². The van der Waals surface area contributed by atoms with Crippen LogP contribution in [0.5, 0.6) is 0 Å². The summed E-state index contributed by atoms with van der Waals surface area (Å²) in [5.74, 6) is -2.58. The molecule has 0 saturated heterocycles. The Labute approximate surface area is 297 Å². The van der Waals surface area contributed by atoms with E-state index in [1.807, 2.05) is 0 Å². The summed E-state index contributed by atoms with van der Waals surface area (Å²) in [5.41, 5.74) is -2.47. The second-order valence-corrected chi connectivity index (χ2v) is 14.6. The summed E-state index contributed by atoms with van der Waals surface area (Å²) >= 11 is 0. The van der Waals surface area contributed by atoms with Gasteiger partial charge >= 0.3 is 11.9 Å². The maximum atomic E-state index is 12.5. The highest BCUT2D eigenvalue weighted by Gasteiger charge is 2.45. The number of Topliss-reactive ketones (excluding diaryl/α,β-unsaturated/α-hetero) is 1. The summed E-state index contributed by atoms with van der Waals surface area (Å²) in [6, 6.07) is 0. The van der Waals surface area contributed by atoms with Crippen molar-refractivity contribution in [3.8, 4) is 0 Å². The van der Waals surface area contributed by atoms with Crippen LogP contribution in [0.25, 0.3) is 0 Å². The number of ether oxygens (including phenoxy) is 2. The van der Waals surface area contributed by atoms with E-state index >= 15 is 0 Å². The lowest BCUT2D eigenvalue weighted by molar-refractivity contribution is -0.176. The third kappa shape index (κ3) is 29.5. The smallest absolute Gasteiger partial charge is 0.346 e. The van der Waals surface area contributed by atoms with Crippen molar-refractivity contribution in [2.45, 2.75) is 238 Å². The molecule has 1 N–H and O–H groups in total. The summed E-state index contributed by atoms with van der Waals surface area (Å²) in [4.78, 5) is 37.0. The first-order chi connectivity index (χ1) is 23.4. The SMILES string of the molecule is CCCCCCCCCCCCCCCCCCOC(=O)CC(O)(C(C)=O)C(=O)OCCCCCCCCCCCCCCCCCC. The zero-order valence-electron chi connectivity index (χ0n) is 32.2. The minimum absolute atomic E-state index is 0.140. The highest BCUT2D eigenvalue weighted by Crippen LogP contribution is 2.18. The molecule has 48 heavy (non-hydrogen) atoms. The summed E-state index contributed by atoms with van der Waals surface area (Å²) in [7, 11) is 0. The lowest BCUT2D eigenvalue weighted by Crippen LogP contribution is -2.48. The molecule has 0 saturated carbocycles. The van der Waals surface area contributed by atoms with Crippen molar-refractivity contribution in [3.05, 3.63) is 0 Å². The van der Waals surface area contributed by atoms with E-state index in [0.717, 1.165) is 39.0 Å². The Morgan fingerprint density at radius 2 is 0.667 bits per heavy atom. The molecule has 0 heterocycles. The van der Waals surface area contributed by atoms with Crippen LogP contribution in [-0.2, 0) is 23.9 Å². The molecule has 0 aliphatic carbocycles. The van der Waals surface area contributed by atoms with Crippen molar-refractivity contribution < 1.29 is 29.0 Å². The van der Waals surface area contributed by atoms with Gasteiger partial charge in [-0.15, -0.1) is 0 Å². The maximum absolute atomic E-state index is 12.5. The van der Waals surface area contributed by atoms with Crippen LogP contribution in [0.2, 0.25) is 0 Å². The molecule has 0 aliphatic rings. The van der Waals surface area contributed by atoms with Gasteiger partial charge in [-0.1, -0.05) is 206 Å². The number of carbonyl (C=O) groups excluding carboxylic acids is 3. The third-order valence-corrected chi connectivity index (χ3v) is 9.81. The van der Waals surface area contributed by atoms with Gasteiger partial charge in [-0.2, -0.15) is 0 Å². The van der Waals surface area contributed by atoms with Gasteiger partial charge < -0.3 is 14.6 Å². The summed E-state index contributed by atoms with van der Waals surface area (Å²) in [6.07, 6.45) is 39.7. The molecule has 0 rings (SSSR count). The van der Waals surface area contributed by atoms with Crippen LogP contribution in [0.3, 0.4) is 0 Å². The van der Waals surface area contributed by atoms with Gasteiger partial charge in [-0.25, -0.2) is 4.79 Å². The van der Waals surface area contributed by atoms with Crippen molar-refractivity contribution in [2.24, 2.45) is 0 Å². The Bertz CT molecular complexity index is 738. The molecule has 0 aromatic carbocycles. The van der Waals surface area contributed by atoms with Crippen LogP contribution < -0.4 is 0 Å². The van der Waals surface area contributed by atoms with Crippen LogP contribution in [0, 0.1) is 0 Å². The molecule has 6 heteroatoms. The van der Waals surface area contributed by atoms with E-state index in [9.17, 15) is 19.5 Å². The van der Waals surface area contributed by atoms with E-state index in [1.165, 1.54) is 167 Å². The number of carbonyl (C=O) groups is 3. The standard InChI is InChI=1S/C42H80O6/c1-4-6-8-10-12-14-16-18-20-22-24-26-28-30-32-34-36-47-40(44)38-42(46,39(3)43)41(45)48-37-35-33-31-29-27-25-23-21-19-17-15-13-11-9-7-5-2/h46H,4-38H2,1-3H3. The predicted molar refractivity (Wildman–Crippen MR) is 201 cm³/mol. The quantitative estimate of drug-likeness (QED) is 0.0396. The maximum Gasteiger partial charge on any atom is 0.346 e. The number of rotatable bonds is 38. The average Bonchev–Trinajstić information content (AvgIpc) is 3.07. The molecule has 0 amide bonds. The van der Waals surface area contributed by atoms with Gasteiger partial charge in [0.05, 0.1) is 19.6 Å². The molecule has 0 spiro atoms. The van der Waals surface area contributed by atoms with Crippen molar-refractivity contribution in [1.82, 2.24) is 0 Å². The fourth-order valence-corrected chi connectivity index (χ4v) is 6.37. The van der Waals surface area contributed by atoms with Crippen LogP contribution in [-0.4, -0.2) is 41.6 Å². The molecule has 0 aromatic rings. The van der Waals surface area contributed by atoms with Gasteiger partial charge in [0.25, 0.3) is 0 Å². The Morgan fingerprint density at radius 3 is 0.938 bits per heavy atom. The van der Waals surface area contributed by atoms with Crippen LogP contribution in [0.4, 0.5) is 0 Å². The van der Waals surface area contributed by atoms with E-state index < -0.39 is 29.7 Å². The van der Waals surface area contributed by atoms with Gasteiger partial charge in [0.2, 0.25) is 5.60 Å². The highest BCUT2D eigenvalue weighted by molar-refractivity contribution is 6.08. The monoisotopic (exact) mass is 681 g/mol. The second-order valence-electron chi connectivity index (χ2n) is 14.6. The summed E-state index contributed by atoms with van der Waals surface area (Å²) < 4.78 is 10.4. The largest absolute Gasteiger partial charge is 0.466 e. The van der Waals surface area contributed by atoms with Crippen molar-refractivity contribution >= 4 is 17.7 Å². The Balaban J connectivity index is 3.73. The molecule has 1 atom stereocenters. The predicted octanol–water partition coefficient (Wildman–Crippen LogP) is 12.3. The average molecular weight is 681 g/mol. The van der Waals surface area contributed by atoms with Gasteiger partial charge in [0, 0.05) is 0 Å². The molecular weight excluding hydrogens is 600 g/mol. The van der Waals surface area contributed by atoms with E-state index in [4.69, 9.17) is 9.47 Å². The molecule has 284 valence electrons. The second kappa shape index (κ2) is 35.4. The van der Waals surface area contributed by atoms with Crippen molar-refractivity contribution in [2.75, 3.05) is 13.2 Å². The Hall–Kier alpha value is -1.43. The van der Waals surface area contributed by atoms with Gasteiger partial charge in [0.15, 0.2) is 5.78 Å². The number of aliphatic hydroxyl groups is 1. The Morgan fingerprint density at radius 1 is 0.417 bits per heavy atom. The molecule has 6 nitrogen and oxygen atoms in total. The number of esters is 2. The molecule has 0 fully saturated rings. The third-order valence-electron chi connectivity index (χ3n) is 9.81. The van der Waals surface area contributed by atoms with Gasteiger partial charge in [-0.3, -0.25) is 9.59 Å².